The number of ketones is 1. The van der Waals surface area contributed by atoms with Gasteiger partial charge in [0.2, 0.25) is 11.8 Å². The molecule has 2 amide bonds. The zero-order chi connectivity index (χ0) is 24.1. The zero-order valence-corrected chi connectivity index (χ0v) is 19.0. The molecule has 35 heavy (non-hydrogen) atoms. The number of benzene rings is 2. The van der Waals surface area contributed by atoms with Crippen LogP contribution in [0.4, 0.5) is 0 Å². The van der Waals surface area contributed by atoms with Crippen LogP contribution < -0.4 is 4.74 Å². The molecule has 2 saturated carbocycles. The van der Waals surface area contributed by atoms with E-state index in [9.17, 15) is 19.2 Å². The molecule has 4 aliphatic carbocycles. The fourth-order valence-electron chi connectivity index (χ4n) is 6.06. The van der Waals surface area contributed by atoms with Gasteiger partial charge in [-0.25, -0.2) is 0 Å². The average Bonchev–Trinajstić information content (AvgIpc) is 3.68. The fraction of sp³-hybridized carbons (Fsp3) is 0.357. The van der Waals surface area contributed by atoms with Crippen molar-refractivity contribution < 1.29 is 28.7 Å². The highest BCUT2D eigenvalue weighted by Gasteiger charge is 2.67. The van der Waals surface area contributed by atoms with Gasteiger partial charge in [0.25, 0.3) is 0 Å². The van der Waals surface area contributed by atoms with E-state index in [1.54, 1.807) is 24.3 Å². The number of esters is 1. The van der Waals surface area contributed by atoms with E-state index in [0.29, 0.717) is 29.8 Å². The van der Waals surface area contributed by atoms with E-state index >= 15 is 0 Å². The molecular weight excluding hydrogens is 446 g/mol. The molecule has 5 aliphatic rings. The molecule has 0 aromatic heterocycles. The minimum absolute atomic E-state index is 0.105. The molecule has 2 bridgehead atoms. The van der Waals surface area contributed by atoms with Crippen LogP contribution in [0.5, 0.6) is 5.75 Å². The molecule has 2 aromatic rings. The summed E-state index contributed by atoms with van der Waals surface area (Å²) in [4.78, 5) is 51.8. The molecule has 0 unspecified atom stereocenters. The van der Waals surface area contributed by atoms with Crippen molar-refractivity contribution in [3.8, 4) is 5.75 Å². The first-order valence-corrected chi connectivity index (χ1v) is 12.0. The summed E-state index contributed by atoms with van der Waals surface area (Å²) in [5.74, 6) is -0.548. The summed E-state index contributed by atoms with van der Waals surface area (Å²) in [6.07, 6.45) is 5.26. The number of ether oxygens (including phenoxy) is 2. The lowest BCUT2D eigenvalue weighted by Gasteiger charge is -2.37. The molecule has 7 heteroatoms. The zero-order valence-electron chi connectivity index (χ0n) is 19.0. The van der Waals surface area contributed by atoms with Crippen LogP contribution in [-0.4, -0.2) is 41.6 Å². The molecule has 1 heterocycles. The van der Waals surface area contributed by atoms with Crippen molar-refractivity contribution in [1.82, 2.24) is 4.90 Å². The summed E-state index contributed by atoms with van der Waals surface area (Å²) in [6.45, 7) is -0.484. The Bertz CT molecular complexity index is 1180. The number of likely N-dealkylation sites (tertiary alicyclic amines) is 1. The first kappa shape index (κ1) is 21.8. The van der Waals surface area contributed by atoms with Crippen LogP contribution in [-0.2, 0) is 25.7 Å². The number of carbonyl (C=O) groups excluding carboxylic acids is 4. The highest BCUT2D eigenvalue weighted by atomic mass is 16.5. The second-order valence-corrected chi connectivity index (χ2v) is 9.80. The number of allylic oxidation sites excluding steroid dienone is 2. The van der Waals surface area contributed by atoms with Crippen molar-refractivity contribution in [2.24, 2.45) is 35.5 Å². The highest BCUT2D eigenvalue weighted by molar-refractivity contribution is 6.08. The topological polar surface area (TPSA) is 90.0 Å². The number of nitrogens with zero attached hydrogens (tertiary/aromatic N) is 1. The Hall–Kier alpha value is -3.74. The lowest BCUT2D eigenvalue weighted by atomic mass is 9.63. The monoisotopic (exact) mass is 471 g/mol. The van der Waals surface area contributed by atoms with Gasteiger partial charge in [-0.05, 0) is 59.9 Å². The minimum atomic E-state index is -0.757. The second kappa shape index (κ2) is 8.48. The van der Waals surface area contributed by atoms with E-state index in [-0.39, 0.29) is 41.3 Å². The lowest BCUT2D eigenvalue weighted by molar-refractivity contribution is -0.152. The van der Waals surface area contributed by atoms with Gasteiger partial charge in [0.1, 0.15) is 18.9 Å². The molecule has 0 N–H and O–H groups in total. The van der Waals surface area contributed by atoms with Crippen molar-refractivity contribution >= 4 is 23.6 Å². The van der Waals surface area contributed by atoms with E-state index in [0.717, 1.165) is 16.9 Å². The maximum absolute atomic E-state index is 13.0. The molecule has 0 radical (unpaired) electrons. The van der Waals surface area contributed by atoms with E-state index in [4.69, 9.17) is 9.47 Å². The third-order valence-electron chi connectivity index (χ3n) is 7.83. The Kier molecular flexibility index (Phi) is 5.28. The summed E-state index contributed by atoms with van der Waals surface area (Å²) in [6, 6.07) is 16.3. The van der Waals surface area contributed by atoms with Gasteiger partial charge in [0.15, 0.2) is 12.4 Å². The van der Waals surface area contributed by atoms with Crippen LogP contribution in [0, 0.1) is 35.5 Å². The molecule has 0 spiro atoms. The van der Waals surface area contributed by atoms with Crippen molar-refractivity contribution in [3.63, 3.8) is 0 Å². The molecule has 178 valence electrons. The Morgan fingerprint density at radius 1 is 0.857 bits per heavy atom. The summed E-state index contributed by atoms with van der Waals surface area (Å²) < 4.78 is 10.8. The maximum Gasteiger partial charge on any atom is 0.326 e. The molecule has 1 saturated heterocycles. The normalized spacial score (nSPS) is 29.5. The van der Waals surface area contributed by atoms with Gasteiger partial charge in [-0.1, -0.05) is 42.5 Å². The van der Waals surface area contributed by atoms with Crippen molar-refractivity contribution in [1.29, 1.82) is 0 Å². The van der Waals surface area contributed by atoms with Gasteiger partial charge in [-0.3, -0.25) is 24.1 Å². The number of hydrogen-bond donors (Lipinski definition) is 0. The predicted molar refractivity (Wildman–Crippen MR) is 124 cm³/mol. The van der Waals surface area contributed by atoms with Gasteiger partial charge in [-0.2, -0.15) is 0 Å². The summed E-state index contributed by atoms with van der Waals surface area (Å²) >= 11 is 0. The Morgan fingerprint density at radius 3 is 2.11 bits per heavy atom. The van der Waals surface area contributed by atoms with Crippen molar-refractivity contribution in [3.05, 3.63) is 77.9 Å². The maximum atomic E-state index is 13.0. The average molecular weight is 472 g/mol. The first-order valence-electron chi connectivity index (χ1n) is 12.0. The van der Waals surface area contributed by atoms with Gasteiger partial charge >= 0.3 is 5.97 Å². The third-order valence-corrected chi connectivity index (χ3v) is 7.83. The molecule has 6 atom stereocenters. The van der Waals surface area contributed by atoms with Crippen molar-refractivity contribution in [2.75, 3.05) is 13.2 Å². The van der Waals surface area contributed by atoms with Crippen LogP contribution in [0.2, 0.25) is 0 Å². The number of rotatable bonds is 8. The van der Waals surface area contributed by atoms with Gasteiger partial charge < -0.3 is 9.47 Å². The molecule has 2 aromatic carbocycles. The third kappa shape index (κ3) is 3.85. The number of carbonyl (C=O) groups is 4. The minimum Gasteiger partial charge on any atom is -0.489 e. The highest BCUT2D eigenvalue weighted by Crippen LogP contribution is 2.65. The van der Waals surface area contributed by atoms with Crippen LogP contribution in [0.1, 0.15) is 22.3 Å². The number of imide groups is 1. The predicted octanol–water partition coefficient (Wildman–Crippen LogP) is 3.04. The van der Waals surface area contributed by atoms with E-state index in [1.807, 2.05) is 30.3 Å². The van der Waals surface area contributed by atoms with Crippen LogP contribution in [0.3, 0.4) is 0 Å². The Labute approximate surface area is 202 Å². The van der Waals surface area contributed by atoms with Gasteiger partial charge in [0, 0.05) is 5.56 Å². The number of amides is 2. The lowest BCUT2D eigenvalue weighted by Crippen LogP contribution is -2.40. The Balaban J connectivity index is 1.01. The van der Waals surface area contributed by atoms with Crippen LogP contribution in [0.25, 0.3) is 0 Å². The second-order valence-electron chi connectivity index (χ2n) is 9.80. The van der Waals surface area contributed by atoms with E-state index < -0.39 is 19.1 Å². The summed E-state index contributed by atoms with van der Waals surface area (Å²) in [5.41, 5.74) is 1.42. The number of Topliss-reactive ketones (excluding diaryl/α,β-unsaturated/α-hetero) is 1. The smallest absolute Gasteiger partial charge is 0.326 e. The van der Waals surface area contributed by atoms with Gasteiger partial charge in [-0.15, -0.1) is 0 Å². The van der Waals surface area contributed by atoms with Gasteiger partial charge in [0.05, 0.1) is 11.8 Å². The van der Waals surface area contributed by atoms with Crippen LogP contribution >= 0.6 is 0 Å². The molecule has 3 fully saturated rings. The first-order chi connectivity index (χ1) is 17.0. The van der Waals surface area contributed by atoms with E-state index in [1.165, 1.54) is 0 Å². The fourth-order valence-corrected chi connectivity index (χ4v) is 6.06. The quantitative estimate of drug-likeness (QED) is 0.254. The molecule has 7 rings (SSSR count). The standard InChI is InChI=1S/C28H25NO6/c30-23(17-6-8-18(9-7-17)34-14-16-4-2-1-3-5-16)15-35-24(31)13-29-27(32)25-19-10-11-20(22-12-21(19)22)26(25)28(29)33/h1-11,19-22,25-26H,12-15H2/t19-,20-,21-,22-,25+,26+/m1/s1. The van der Waals surface area contributed by atoms with E-state index in [2.05, 4.69) is 12.2 Å². The largest absolute Gasteiger partial charge is 0.489 e. The SMILES string of the molecule is O=C(CN1C(=O)[C@H]2[C@@H]3C=C[C@H]([C@H]4C[C@H]34)[C@@H]2C1=O)OCC(=O)c1ccc(OCc2ccccc2)cc1. The van der Waals surface area contributed by atoms with Crippen molar-refractivity contribution in [2.45, 2.75) is 13.0 Å². The summed E-state index contributed by atoms with van der Waals surface area (Å²) in [5, 5.41) is 0. The molecule has 7 nitrogen and oxygen atoms in total. The summed E-state index contributed by atoms with van der Waals surface area (Å²) in [7, 11) is 0. The molecule has 1 aliphatic heterocycles. The number of hydrogen-bond acceptors (Lipinski definition) is 6. The molecular formula is C28H25NO6. The van der Waals surface area contributed by atoms with Crippen LogP contribution in [0.15, 0.2) is 66.7 Å². The Morgan fingerprint density at radius 2 is 1.49 bits per heavy atom.